The zero-order valence-corrected chi connectivity index (χ0v) is 14.4. The van der Waals surface area contributed by atoms with E-state index in [9.17, 15) is 9.59 Å². The largest absolute Gasteiger partial charge is 0.326 e. The lowest BCUT2D eigenvalue weighted by Gasteiger charge is -2.11. The second-order valence-electron chi connectivity index (χ2n) is 5.57. The summed E-state index contributed by atoms with van der Waals surface area (Å²) < 4.78 is 1.78. The molecule has 6 nitrogen and oxygen atoms in total. The molecule has 2 aromatic rings. The summed E-state index contributed by atoms with van der Waals surface area (Å²) in [6.07, 6.45) is 1.60. The van der Waals surface area contributed by atoms with Crippen LogP contribution in [0.4, 0.5) is 5.69 Å². The van der Waals surface area contributed by atoms with Gasteiger partial charge in [-0.15, -0.1) is 10.2 Å². The Morgan fingerprint density at radius 3 is 2.35 bits per heavy atom. The number of rotatable bonds is 6. The first kappa shape index (κ1) is 17.2. The minimum absolute atomic E-state index is 0.0136. The summed E-state index contributed by atoms with van der Waals surface area (Å²) in [4.78, 5) is 24.1. The first-order valence-electron chi connectivity index (χ1n) is 7.34. The molecule has 1 heterocycles. The van der Waals surface area contributed by atoms with Gasteiger partial charge in [0, 0.05) is 24.2 Å². The Morgan fingerprint density at radius 2 is 1.83 bits per heavy atom. The predicted molar refractivity (Wildman–Crippen MR) is 90.6 cm³/mol. The average molecular weight is 332 g/mol. The van der Waals surface area contributed by atoms with Gasteiger partial charge in [-0.3, -0.25) is 9.59 Å². The van der Waals surface area contributed by atoms with E-state index in [-0.39, 0.29) is 22.9 Å². The molecule has 0 aliphatic heterocycles. The number of hydrogen-bond acceptors (Lipinski definition) is 5. The van der Waals surface area contributed by atoms with Crippen molar-refractivity contribution in [3.05, 3.63) is 36.2 Å². The zero-order chi connectivity index (χ0) is 17.0. The SMILES string of the molecule is CC(C)C(=O)Nc1ccc(C(=O)C(C)Sc2nncn2C)cc1. The molecule has 1 amide bonds. The Bertz CT molecular complexity index is 694. The third kappa shape index (κ3) is 4.41. The zero-order valence-electron chi connectivity index (χ0n) is 13.6. The predicted octanol–water partition coefficient (Wildman–Crippen LogP) is 2.77. The molecule has 1 aromatic heterocycles. The van der Waals surface area contributed by atoms with Crippen LogP contribution in [0.15, 0.2) is 35.7 Å². The van der Waals surface area contributed by atoms with Crippen LogP contribution in [0.2, 0.25) is 0 Å². The van der Waals surface area contributed by atoms with Crippen molar-refractivity contribution in [1.82, 2.24) is 14.8 Å². The monoisotopic (exact) mass is 332 g/mol. The number of carbonyl (C=O) groups excluding carboxylic acids is 2. The molecule has 0 fully saturated rings. The fourth-order valence-electron chi connectivity index (χ4n) is 1.83. The molecule has 0 saturated heterocycles. The van der Waals surface area contributed by atoms with Crippen molar-refractivity contribution in [2.45, 2.75) is 31.2 Å². The molecule has 1 aromatic carbocycles. The maximum absolute atomic E-state index is 12.5. The number of ketones is 1. The number of carbonyl (C=O) groups is 2. The van der Waals surface area contributed by atoms with Gasteiger partial charge in [-0.05, 0) is 31.2 Å². The Balaban J connectivity index is 2.02. The summed E-state index contributed by atoms with van der Waals surface area (Å²) in [5.74, 6) is -0.117. The molecular formula is C16H20N4O2S. The first-order valence-corrected chi connectivity index (χ1v) is 8.22. The van der Waals surface area contributed by atoms with Gasteiger partial charge in [0.25, 0.3) is 0 Å². The summed E-state index contributed by atoms with van der Waals surface area (Å²) in [5, 5.41) is 11.0. The van der Waals surface area contributed by atoms with E-state index in [0.29, 0.717) is 16.4 Å². The molecule has 1 unspecified atom stereocenters. The fraction of sp³-hybridized carbons (Fsp3) is 0.375. The van der Waals surface area contributed by atoms with Crippen LogP contribution >= 0.6 is 11.8 Å². The van der Waals surface area contributed by atoms with Crippen LogP contribution in [0.5, 0.6) is 0 Å². The van der Waals surface area contributed by atoms with E-state index >= 15 is 0 Å². The normalized spacial score (nSPS) is 12.2. The lowest BCUT2D eigenvalue weighted by Crippen LogP contribution is -2.18. The maximum Gasteiger partial charge on any atom is 0.226 e. The molecule has 0 spiro atoms. The van der Waals surface area contributed by atoms with E-state index < -0.39 is 0 Å². The first-order chi connectivity index (χ1) is 10.9. The van der Waals surface area contributed by atoms with Gasteiger partial charge in [0.05, 0.1) is 5.25 Å². The molecule has 0 radical (unpaired) electrons. The van der Waals surface area contributed by atoms with Crippen LogP contribution in [0.1, 0.15) is 31.1 Å². The summed E-state index contributed by atoms with van der Waals surface area (Å²) >= 11 is 1.37. The van der Waals surface area contributed by atoms with E-state index in [0.717, 1.165) is 0 Å². The van der Waals surface area contributed by atoms with Crippen molar-refractivity contribution in [3.8, 4) is 0 Å². The number of benzene rings is 1. The Kier molecular flexibility index (Phi) is 5.54. The number of anilines is 1. The molecule has 23 heavy (non-hydrogen) atoms. The van der Waals surface area contributed by atoms with Crippen LogP contribution in [-0.4, -0.2) is 31.7 Å². The van der Waals surface area contributed by atoms with Crippen LogP contribution in [0.25, 0.3) is 0 Å². The molecule has 0 aliphatic rings. The lowest BCUT2D eigenvalue weighted by molar-refractivity contribution is -0.118. The Labute approximate surface area is 139 Å². The third-order valence-corrected chi connectivity index (χ3v) is 4.43. The highest BCUT2D eigenvalue weighted by Gasteiger charge is 2.19. The average Bonchev–Trinajstić information content (AvgIpc) is 2.92. The van der Waals surface area contributed by atoms with E-state index in [1.807, 2.05) is 27.8 Å². The molecule has 122 valence electrons. The molecular weight excluding hydrogens is 312 g/mol. The van der Waals surface area contributed by atoms with Crippen molar-refractivity contribution >= 4 is 29.1 Å². The minimum Gasteiger partial charge on any atom is -0.326 e. The highest BCUT2D eigenvalue weighted by Crippen LogP contribution is 2.23. The maximum atomic E-state index is 12.5. The third-order valence-electron chi connectivity index (χ3n) is 3.28. The fourth-order valence-corrected chi connectivity index (χ4v) is 2.70. The molecule has 7 heteroatoms. The van der Waals surface area contributed by atoms with E-state index in [2.05, 4.69) is 15.5 Å². The molecule has 1 atom stereocenters. The van der Waals surface area contributed by atoms with Gasteiger partial charge in [-0.2, -0.15) is 0 Å². The number of Topliss-reactive ketones (excluding diaryl/α,β-unsaturated/α-hetero) is 1. The highest BCUT2D eigenvalue weighted by molar-refractivity contribution is 8.00. The quantitative estimate of drug-likeness (QED) is 0.650. The second-order valence-corrected chi connectivity index (χ2v) is 6.88. The van der Waals surface area contributed by atoms with Crippen LogP contribution < -0.4 is 5.32 Å². The van der Waals surface area contributed by atoms with E-state index in [1.165, 1.54) is 11.8 Å². The van der Waals surface area contributed by atoms with Gasteiger partial charge in [0.1, 0.15) is 6.33 Å². The Hall–Kier alpha value is -2.15. The molecule has 1 N–H and O–H groups in total. The lowest BCUT2D eigenvalue weighted by atomic mass is 10.1. The number of nitrogens with one attached hydrogen (secondary N) is 1. The van der Waals surface area contributed by atoms with Crippen LogP contribution in [0, 0.1) is 5.92 Å². The van der Waals surface area contributed by atoms with Crippen molar-refractivity contribution in [1.29, 1.82) is 0 Å². The van der Waals surface area contributed by atoms with Crippen molar-refractivity contribution in [3.63, 3.8) is 0 Å². The summed E-state index contributed by atoms with van der Waals surface area (Å²) in [6, 6.07) is 6.94. The van der Waals surface area contributed by atoms with Gasteiger partial charge >= 0.3 is 0 Å². The summed E-state index contributed by atoms with van der Waals surface area (Å²) in [5.41, 5.74) is 1.29. The van der Waals surface area contributed by atoms with E-state index in [1.54, 1.807) is 35.2 Å². The van der Waals surface area contributed by atoms with Gasteiger partial charge in [-0.25, -0.2) is 0 Å². The molecule has 0 aliphatic carbocycles. The second kappa shape index (κ2) is 7.41. The molecule has 0 saturated carbocycles. The Morgan fingerprint density at radius 1 is 1.17 bits per heavy atom. The molecule has 0 bridgehead atoms. The van der Waals surface area contributed by atoms with Gasteiger partial charge in [0.15, 0.2) is 10.9 Å². The van der Waals surface area contributed by atoms with Gasteiger partial charge < -0.3 is 9.88 Å². The van der Waals surface area contributed by atoms with Crippen molar-refractivity contribution in [2.24, 2.45) is 13.0 Å². The van der Waals surface area contributed by atoms with Crippen LogP contribution in [-0.2, 0) is 11.8 Å². The topological polar surface area (TPSA) is 76.9 Å². The van der Waals surface area contributed by atoms with E-state index in [4.69, 9.17) is 0 Å². The highest BCUT2D eigenvalue weighted by atomic mass is 32.2. The summed E-state index contributed by atoms with van der Waals surface area (Å²) in [6.45, 7) is 5.51. The van der Waals surface area contributed by atoms with Crippen molar-refractivity contribution in [2.75, 3.05) is 5.32 Å². The minimum atomic E-state index is -0.269. The van der Waals surface area contributed by atoms with Gasteiger partial charge in [0.2, 0.25) is 5.91 Å². The number of aromatic nitrogens is 3. The number of amides is 1. The van der Waals surface area contributed by atoms with Crippen molar-refractivity contribution < 1.29 is 9.59 Å². The van der Waals surface area contributed by atoms with Gasteiger partial charge in [-0.1, -0.05) is 25.6 Å². The number of thioether (sulfide) groups is 1. The number of aryl methyl sites for hydroxylation is 1. The number of hydrogen-bond donors (Lipinski definition) is 1. The van der Waals surface area contributed by atoms with Crippen LogP contribution in [0.3, 0.4) is 0 Å². The number of nitrogens with zero attached hydrogens (tertiary/aromatic N) is 3. The standard InChI is InChI=1S/C16H20N4O2S/c1-10(2)15(22)18-13-7-5-12(6-8-13)14(21)11(3)23-16-19-17-9-20(16)4/h5-11H,1-4H3,(H,18,22). The molecule has 2 rings (SSSR count). The smallest absolute Gasteiger partial charge is 0.226 e. The summed E-state index contributed by atoms with van der Waals surface area (Å²) in [7, 11) is 1.84.